The lowest BCUT2D eigenvalue weighted by Crippen LogP contribution is -2.39. The van der Waals surface area contributed by atoms with Gasteiger partial charge in [0, 0.05) is 12.7 Å². The number of hydrogen-bond acceptors (Lipinski definition) is 4. The fourth-order valence-corrected chi connectivity index (χ4v) is 4.33. The van der Waals surface area contributed by atoms with Crippen molar-refractivity contribution in [3.8, 4) is 0 Å². The molecule has 2 saturated heterocycles. The molecule has 96 valence electrons. The fourth-order valence-electron chi connectivity index (χ4n) is 2.52. The molecule has 0 saturated carbocycles. The van der Waals surface area contributed by atoms with Crippen LogP contribution in [-0.2, 0) is 15.0 Å². The molecule has 18 heavy (non-hydrogen) atoms. The molecule has 0 unspecified atom stereocenters. The molecule has 0 N–H and O–H groups in total. The van der Waals surface area contributed by atoms with Gasteiger partial charge in [0.15, 0.2) is 0 Å². The van der Waals surface area contributed by atoms with Crippen molar-refractivity contribution >= 4 is 21.8 Å². The van der Waals surface area contributed by atoms with Gasteiger partial charge in [-0.1, -0.05) is 6.42 Å². The third-order valence-electron chi connectivity index (χ3n) is 3.35. The predicted octanol–water partition coefficient (Wildman–Crippen LogP) is 0.528. The summed E-state index contributed by atoms with van der Waals surface area (Å²) in [5, 5.41) is 0. The van der Waals surface area contributed by atoms with Crippen LogP contribution in [0.1, 0.15) is 19.3 Å². The van der Waals surface area contributed by atoms with Crippen LogP contribution in [0, 0.1) is 0 Å². The number of carbonyl (C=O) groups is 1. The average molecular weight is 267 g/mol. The zero-order valence-corrected chi connectivity index (χ0v) is 10.5. The topological polar surface area (TPSA) is 70.6 Å². The van der Waals surface area contributed by atoms with E-state index in [1.54, 1.807) is 18.3 Å². The molecule has 0 aliphatic carbocycles. The van der Waals surface area contributed by atoms with Crippen molar-refractivity contribution in [2.24, 2.45) is 0 Å². The number of anilines is 1. The van der Waals surface area contributed by atoms with E-state index in [9.17, 15) is 13.2 Å². The Bertz CT molecular complexity index is 572. The van der Waals surface area contributed by atoms with Gasteiger partial charge in [-0.15, -0.1) is 0 Å². The minimum Gasteiger partial charge on any atom is -0.271 e. The van der Waals surface area contributed by atoms with Crippen molar-refractivity contribution in [3.05, 3.63) is 24.5 Å². The highest BCUT2D eigenvalue weighted by molar-refractivity contribution is 7.91. The van der Waals surface area contributed by atoms with Gasteiger partial charge in [-0.3, -0.25) is 9.78 Å². The van der Waals surface area contributed by atoms with Crippen LogP contribution < -0.4 is 4.31 Å². The van der Waals surface area contributed by atoms with Crippen molar-refractivity contribution < 1.29 is 13.2 Å². The molecule has 6 nitrogen and oxygen atoms in total. The first kappa shape index (κ1) is 11.6. The molecule has 0 bridgehead atoms. The van der Waals surface area contributed by atoms with Crippen molar-refractivity contribution in [2.45, 2.75) is 25.3 Å². The van der Waals surface area contributed by atoms with E-state index in [0.717, 1.165) is 17.1 Å². The average Bonchev–Trinajstić information content (AvgIpc) is 2.59. The second-order valence-electron chi connectivity index (χ2n) is 4.44. The molecule has 1 atom stereocenters. The van der Waals surface area contributed by atoms with Crippen molar-refractivity contribution in [1.29, 1.82) is 0 Å². The second kappa shape index (κ2) is 4.03. The number of piperidine rings is 1. The van der Waals surface area contributed by atoms with Gasteiger partial charge in [-0.25, -0.2) is 0 Å². The van der Waals surface area contributed by atoms with E-state index < -0.39 is 16.3 Å². The Morgan fingerprint density at radius 3 is 2.83 bits per heavy atom. The van der Waals surface area contributed by atoms with Crippen molar-refractivity contribution in [2.75, 3.05) is 10.8 Å². The van der Waals surface area contributed by atoms with Crippen LogP contribution in [0.5, 0.6) is 0 Å². The highest BCUT2D eigenvalue weighted by Gasteiger charge is 2.51. The van der Waals surface area contributed by atoms with Gasteiger partial charge in [0.25, 0.3) is 5.91 Å². The molecule has 0 radical (unpaired) electrons. The molecule has 7 heteroatoms. The third-order valence-corrected chi connectivity index (χ3v) is 5.23. The maximum absolute atomic E-state index is 12.3. The number of nitrogens with zero attached hydrogens (tertiary/aromatic N) is 3. The second-order valence-corrected chi connectivity index (χ2v) is 6.17. The lowest BCUT2D eigenvalue weighted by molar-refractivity contribution is -0.120. The van der Waals surface area contributed by atoms with Gasteiger partial charge in [0.05, 0.1) is 11.9 Å². The zero-order valence-electron chi connectivity index (χ0n) is 9.69. The minimum absolute atomic E-state index is 0.317. The monoisotopic (exact) mass is 267 g/mol. The van der Waals surface area contributed by atoms with Crippen molar-refractivity contribution in [1.82, 2.24) is 9.29 Å². The van der Waals surface area contributed by atoms with Crippen LogP contribution in [0.15, 0.2) is 24.5 Å². The summed E-state index contributed by atoms with van der Waals surface area (Å²) >= 11 is 0. The smallest absolute Gasteiger partial charge is 0.271 e. The van der Waals surface area contributed by atoms with Crippen LogP contribution >= 0.6 is 0 Å². The number of rotatable bonds is 1. The highest BCUT2D eigenvalue weighted by Crippen LogP contribution is 2.34. The highest BCUT2D eigenvalue weighted by atomic mass is 32.2. The van der Waals surface area contributed by atoms with Gasteiger partial charge >= 0.3 is 10.2 Å². The van der Waals surface area contributed by atoms with Crippen molar-refractivity contribution in [3.63, 3.8) is 0 Å². The zero-order chi connectivity index (χ0) is 12.8. The van der Waals surface area contributed by atoms with Gasteiger partial charge in [-0.05, 0) is 25.0 Å². The normalized spacial score (nSPS) is 27.2. The van der Waals surface area contributed by atoms with Crippen LogP contribution in [0.25, 0.3) is 0 Å². The largest absolute Gasteiger partial charge is 0.311 e. The Kier molecular flexibility index (Phi) is 2.60. The number of hydrogen-bond donors (Lipinski definition) is 0. The number of amides is 1. The number of fused-ring (bicyclic) bond motifs is 1. The summed E-state index contributed by atoms with van der Waals surface area (Å²) in [5.41, 5.74) is 0.317. The Hall–Kier alpha value is -1.47. The van der Waals surface area contributed by atoms with E-state index in [-0.39, 0.29) is 5.91 Å². The summed E-state index contributed by atoms with van der Waals surface area (Å²) in [4.78, 5) is 16.1. The van der Waals surface area contributed by atoms with Gasteiger partial charge in [0.2, 0.25) is 0 Å². The quantitative estimate of drug-likeness (QED) is 0.744. The molecule has 1 aromatic rings. The Balaban J connectivity index is 2.08. The molecule has 1 aromatic heterocycles. The van der Waals surface area contributed by atoms with E-state index in [1.165, 1.54) is 10.5 Å². The van der Waals surface area contributed by atoms with Gasteiger partial charge in [0.1, 0.15) is 6.04 Å². The summed E-state index contributed by atoms with van der Waals surface area (Å²) in [6.45, 7) is 0.426. The predicted molar refractivity (Wildman–Crippen MR) is 65.0 cm³/mol. The van der Waals surface area contributed by atoms with Crippen LogP contribution in [0.4, 0.5) is 5.69 Å². The standard InChI is InChI=1S/C11H13N3O3S/c15-11-10-5-1-2-7-13(10)18(16,17)14(11)9-4-3-6-12-8-9/h3-4,6,8,10H,1-2,5,7H2/t10-/m0/s1. The summed E-state index contributed by atoms with van der Waals surface area (Å²) in [6, 6.07) is 2.68. The SMILES string of the molecule is O=C1[C@@H]2CCCCN2S(=O)(=O)N1c1cccnc1. The third kappa shape index (κ3) is 1.54. The van der Waals surface area contributed by atoms with E-state index in [0.29, 0.717) is 18.7 Å². The molecule has 3 rings (SSSR count). The Labute approximate surface area is 105 Å². The molecular formula is C11H13N3O3S. The molecule has 3 heterocycles. The number of aromatic nitrogens is 1. The number of pyridine rings is 1. The van der Waals surface area contributed by atoms with E-state index >= 15 is 0 Å². The lowest BCUT2D eigenvalue weighted by Gasteiger charge is -2.24. The first-order valence-electron chi connectivity index (χ1n) is 5.88. The Morgan fingerprint density at radius 2 is 2.17 bits per heavy atom. The molecule has 2 aliphatic heterocycles. The molecular weight excluding hydrogens is 254 g/mol. The van der Waals surface area contributed by atoms with E-state index in [2.05, 4.69) is 4.98 Å². The Morgan fingerprint density at radius 1 is 1.33 bits per heavy atom. The number of carbonyl (C=O) groups excluding carboxylic acids is 1. The van der Waals surface area contributed by atoms with Crippen LogP contribution in [0.2, 0.25) is 0 Å². The maximum atomic E-state index is 12.3. The van der Waals surface area contributed by atoms with Crippen LogP contribution in [-0.4, -0.2) is 36.2 Å². The van der Waals surface area contributed by atoms with Gasteiger partial charge < -0.3 is 0 Å². The molecule has 2 fully saturated rings. The summed E-state index contributed by atoms with van der Waals surface area (Å²) in [7, 11) is -3.71. The minimum atomic E-state index is -3.71. The summed E-state index contributed by atoms with van der Waals surface area (Å²) < 4.78 is 26.9. The lowest BCUT2D eigenvalue weighted by atomic mass is 10.0. The maximum Gasteiger partial charge on any atom is 0.311 e. The molecule has 0 aromatic carbocycles. The molecule has 2 aliphatic rings. The summed E-state index contributed by atoms with van der Waals surface area (Å²) in [6.07, 6.45) is 5.25. The fraction of sp³-hybridized carbons (Fsp3) is 0.455. The van der Waals surface area contributed by atoms with E-state index in [4.69, 9.17) is 0 Å². The van der Waals surface area contributed by atoms with Gasteiger partial charge in [-0.2, -0.15) is 17.0 Å². The molecule has 0 spiro atoms. The van der Waals surface area contributed by atoms with E-state index in [1.807, 2.05) is 0 Å². The first-order valence-corrected chi connectivity index (χ1v) is 7.28. The summed E-state index contributed by atoms with van der Waals surface area (Å²) in [5.74, 6) is -0.359. The van der Waals surface area contributed by atoms with Crippen LogP contribution in [0.3, 0.4) is 0 Å². The first-order chi connectivity index (χ1) is 8.62. The molecule has 1 amide bonds.